The van der Waals surface area contributed by atoms with Gasteiger partial charge in [0.05, 0.1) is 12.5 Å². The smallest absolute Gasteiger partial charge is 0.242 e. The minimum absolute atomic E-state index is 0.214. The molecular weight excluding hydrogens is 318 g/mol. The number of pyridine rings is 1. The Kier molecular flexibility index (Phi) is 4.94. The van der Waals surface area contributed by atoms with E-state index in [1.807, 2.05) is 18.9 Å². The van der Waals surface area contributed by atoms with Crippen LogP contribution in [0.2, 0.25) is 0 Å². The molecule has 1 atom stereocenters. The van der Waals surface area contributed by atoms with Crippen LogP contribution in [0, 0.1) is 13.8 Å². The number of ether oxygens (including phenoxy) is 1. The van der Waals surface area contributed by atoms with E-state index in [1.165, 1.54) is 0 Å². The zero-order valence-corrected chi connectivity index (χ0v) is 15.7. The zero-order chi connectivity index (χ0) is 18.1. The van der Waals surface area contributed by atoms with Crippen molar-refractivity contribution >= 4 is 16.9 Å². The Morgan fingerprint density at radius 1 is 1.40 bits per heavy atom. The van der Waals surface area contributed by atoms with E-state index in [-0.39, 0.29) is 11.9 Å². The highest BCUT2D eigenvalue weighted by molar-refractivity contribution is 5.86. The largest absolute Gasteiger partial charge is 0.479 e. The molecule has 0 unspecified atom stereocenters. The molecular formula is C18H27N5O2. The first kappa shape index (κ1) is 17.7. The number of nitrogens with one attached hydrogen (secondary N) is 1. The van der Waals surface area contributed by atoms with Crippen LogP contribution in [-0.2, 0) is 18.3 Å². The Hall–Kier alpha value is -2.15. The average Bonchev–Trinajstić information content (AvgIpc) is 2.91. The highest BCUT2D eigenvalue weighted by Gasteiger charge is 2.24. The van der Waals surface area contributed by atoms with E-state index >= 15 is 0 Å². The molecule has 7 heteroatoms. The summed E-state index contributed by atoms with van der Waals surface area (Å²) < 4.78 is 7.15. The number of nitrogens with zero attached hydrogens (tertiary/aromatic N) is 4. The van der Waals surface area contributed by atoms with Crippen LogP contribution in [0.4, 0.5) is 0 Å². The fourth-order valence-corrected chi connectivity index (χ4v) is 3.69. The molecule has 2 aromatic heterocycles. The molecule has 3 heterocycles. The molecule has 0 bridgehead atoms. The molecule has 136 valence electrons. The van der Waals surface area contributed by atoms with Crippen molar-refractivity contribution in [1.82, 2.24) is 25.0 Å². The zero-order valence-electron chi connectivity index (χ0n) is 15.7. The molecule has 3 rings (SSSR count). The number of hydrogen-bond donors (Lipinski definition) is 1. The van der Waals surface area contributed by atoms with Gasteiger partial charge in [-0.15, -0.1) is 5.10 Å². The van der Waals surface area contributed by atoms with Crippen LogP contribution >= 0.6 is 0 Å². The van der Waals surface area contributed by atoms with E-state index in [0.29, 0.717) is 18.7 Å². The van der Waals surface area contributed by atoms with Gasteiger partial charge in [-0.1, -0.05) is 0 Å². The summed E-state index contributed by atoms with van der Waals surface area (Å²) in [5.41, 5.74) is 4.00. The summed E-state index contributed by atoms with van der Waals surface area (Å²) in [7, 11) is 3.49. The number of methoxy groups -OCH3 is 1. The third kappa shape index (κ3) is 3.20. The monoisotopic (exact) mass is 345 g/mol. The second-order valence-corrected chi connectivity index (χ2v) is 6.77. The molecule has 1 saturated heterocycles. The third-order valence-electron chi connectivity index (χ3n) is 5.13. The fraction of sp³-hybridized carbons (Fsp3) is 0.611. The first-order valence-electron chi connectivity index (χ1n) is 8.81. The van der Waals surface area contributed by atoms with Gasteiger partial charge < -0.3 is 15.0 Å². The molecule has 0 aliphatic carbocycles. The SMILES string of the molecule is COc1nn(C)c2nc(C)c(CCC(=O)N3CCNC[C@@H]3C)c(C)c12. The van der Waals surface area contributed by atoms with E-state index in [9.17, 15) is 4.79 Å². The molecule has 7 nitrogen and oxygen atoms in total. The van der Waals surface area contributed by atoms with Gasteiger partial charge in [-0.25, -0.2) is 9.67 Å². The predicted octanol–water partition coefficient (Wildman–Crippen LogP) is 1.35. The third-order valence-corrected chi connectivity index (χ3v) is 5.13. The lowest BCUT2D eigenvalue weighted by atomic mass is 9.99. The van der Waals surface area contributed by atoms with E-state index in [1.54, 1.807) is 11.8 Å². The van der Waals surface area contributed by atoms with Crippen molar-refractivity contribution < 1.29 is 9.53 Å². The quantitative estimate of drug-likeness (QED) is 0.905. The van der Waals surface area contributed by atoms with Crippen LogP contribution in [0.5, 0.6) is 5.88 Å². The Bertz CT molecular complexity index is 799. The standard InChI is InChI=1S/C18H27N5O2/c1-11-10-19-8-9-23(11)15(24)7-6-14-12(2)16-17(20-13(14)3)22(4)21-18(16)25-5/h11,19H,6-10H2,1-5H3/t11-/m0/s1. The highest BCUT2D eigenvalue weighted by Crippen LogP contribution is 2.30. The Balaban J connectivity index is 1.85. The van der Waals surface area contributed by atoms with Gasteiger partial charge in [-0.2, -0.15) is 0 Å². The van der Waals surface area contributed by atoms with Crippen LogP contribution in [0.3, 0.4) is 0 Å². The van der Waals surface area contributed by atoms with Gasteiger partial charge in [0.25, 0.3) is 0 Å². The van der Waals surface area contributed by atoms with Crippen molar-refractivity contribution in [3.8, 4) is 5.88 Å². The Labute approximate surface area is 148 Å². The van der Waals surface area contributed by atoms with Crippen LogP contribution in [0.15, 0.2) is 0 Å². The summed E-state index contributed by atoms with van der Waals surface area (Å²) in [4.78, 5) is 19.3. The average molecular weight is 345 g/mol. The number of carbonyl (C=O) groups excluding carboxylic acids is 1. The molecule has 1 amide bonds. The van der Waals surface area contributed by atoms with E-state index < -0.39 is 0 Å². The van der Waals surface area contributed by atoms with E-state index in [0.717, 1.165) is 47.5 Å². The number of aromatic nitrogens is 3. The number of carbonyl (C=O) groups is 1. The molecule has 1 aliphatic heterocycles. The summed E-state index contributed by atoms with van der Waals surface area (Å²) in [6, 6.07) is 0.252. The van der Waals surface area contributed by atoms with Gasteiger partial charge >= 0.3 is 0 Å². The number of fused-ring (bicyclic) bond motifs is 1. The van der Waals surface area contributed by atoms with Crippen molar-refractivity contribution in [2.45, 2.75) is 39.7 Å². The van der Waals surface area contributed by atoms with Crippen molar-refractivity contribution in [1.29, 1.82) is 0 Å². The number of piperazine rings is 1. The summed E-state index contributed by atoms with van der Waals surface area (Å²) >= 11 is 0. The summed E-state index contributed by atoms with van der Waals surface area (Å²) in [5, 5.41) is 8.64. The normalized spacial score (nSPS) is 18.0. The molecule has 1 aliphatic rings. The van der Waals surface area contributed by atoms with E-state index in [2.05, 4.69) is 24.3 Å². The molecule has 25 heavy (non-hydrogen) atoms. The lowest BCUT2D eigenvalue weighted by Crippen LogP contribution is -2.52. The molecule has 0 radical (unpaired) electrons. The topological polar surface area (TPSA) is 72.3 Å². The fourth-order valence-electron chi connectivity index (χ4n) is 3.69. The highest BCUT2D eigenvalue weighted by atomic mass is 16.5. The first-order chi connectivity index (χ1) is 11.9. The second-order valence-electron chi connectivity index (χ2n) is 6.77. The second kappa shape index (κ2) is 7.00. The van der Waals surface area contributed by atoms with Gasteiger partial charge in [-0.3, -0.25) is 4.79 Å². The van der Waals surface area contributed by atoms with Crippen LogP contribution in [-0.4, -0.2) is 58.4 Å². The van der Waals surface area contributed by atoms with Crippen LogP contribution in [0.25, 0.3) is 11.0 Å². The molecule has 2 aromatic rings. The predicted molar refractivity (Wildman–Crippen MR) is 96.9 cm³/mol. The van der Waals surface area contributed by atoms with Crippen LogP contribution in [0.1, 0.15) is 30.2 Å². The summed E-state index contributed by atoms with van der Waals surface area (Å²) in [6.07, 6.45) is 1.19. The maximum absolute atomic E-state index is 12.6. The van der Waals surface area contributed by atoms with Gasteiger partial charge in [0.1, 0.15) is 0 Å². The maximum atomic E-state index is 12.6. The maximum Gasteiger partial charge on any atom is 0.242 e. The number of aryl methyl sites for hydroxylation is 3. The molecule has 0 aromatic carbocycles. The number of amides is 1. The molecule has 1 N–H and O–H groups in total. The number of hydrogen-bond acceptors (Lipinski definition) is 5. The van der Waals surface area contributed by atoms with Crippen molar-refractivity contribution in [3.05, 3.63) is 16.8 Å². The minimum Gasteiger partial charge on any atom is -0.479 e. The van der Waals surface area contributed by atoms with Gasteiger partial charge in [0.15, 0.2) is 5.65 Å². The van der Waals surface area contributed by atoms with Gasteiger partial charge in [0.2, 0.25) is 11.8 Å². The minimum atomic E-state index is 0.214. The molecule has 1 fully saturated rings. The summed E-state index contributed by atoms with van der Waals surface area (Å²) in [5.74, 6) is 0.803. The lowest BCUT2D eigenvalue weighted by molar-refractivity contribution is -0.133. The van der Waals surface area contributed by atoms with Crippen molar-refractivity contribution in [2.75, 3.05) is 26.7 Å². The van der Waals surface area contributed by atoms with Crippen LogP contribution < -0.4 is 10.1 Å². The molecule has 0 spiro atoms. The van der Waals surface area contributed by atoms with Crippen molar-refractivity contribution in [3.63, 3.8) is 0 Å². The Morgan fingerprint density at radius 3 is 2.84 bits per heavy atom. The molecule has 0 saturated carbocycles. The summed E-state index contributed by atoms with van der Waals surface area (Å²) in [6.45, 7) is 8.67. The van der Waals surface area contributed by atoms with Gasteiger partial charge in [-0.05, 0) is 38.3 Å². The lowest BCUT2D eigenvalue weighted by Gasteiger charge is -2.34. The van der Waals surface area contributed by atoms with E-state index in [4.69, 9.17) is 9.72 Å². The first-order valence-corrected chi connectivity index (χ1v) is 8.81. The number of rotatable bonds is 4. The Morgan fingerprint density at radius 2 is 2.16 bits per heavy atom. The van der Waals surface area contributed by atoms with Gasteiger partial charge in [0, 0.05) is 44.8 Å². The van der Waals surface area contributed by atoms with Crippen molar-refractivity contribution in [2.24, 2.45) is 7.05 Å².